The molecule has 0 atom stereocenters. The minimum atomic E-state index is 0.109. The summed E-state index contributed by atoms with van der Waals surface area (Å²) in [6, 6.07) is 2.17. The Morgan fingerprint density at radius 1 is 1.31 bits per heavy atom. The zero-order valence-electron chi connectivity index (χ0n) is 7.83. The first-order chi connectivity index (χ1) is 6.37. The highest BCUT2D eigenvalue weighted by molar-refractivity contribution is 7.08. The lowest BCUT2D eigenvalue weighted by atomic mass is 9.71. The van der Waals surface area contributed by atoms with E-state index < -0.39 is 0 Å². The van der Waals surface area contributed by atoms with Crippen LogP contribution in [0.5, 0.6) is 0 Å². The van der Waals surface area contributed by atoms with Gasteiger partial charge in [0.25, 0.3) is 0 Å². The van der Waals surface area contributed by atoms with Crippen LogP contribution in [0, 0.1) is 0 Å². The van der Waals surface area contributed by atoms with Crippen molar-refractivity contribution in [3.63, 3.8) is 0 Å². The van der Waals surface area contributed by atoms with Gasteiger partial charge in [-0.1, -0.05) is 19.3 Å². The Kier molecular flexibility index (Phi) is 2.70. The quantitative estimate of drug-likeness (QED) is 0.771. The summed E-state index contributed by atoms with van der Waals surface area (Å²) in [5.41, 5.74) is 1.47. The van der Waals surface area contributed by atoms with E-state index in [2.05, 4.69) is 16.8 Å². The molecule has 1 aromatic heterocycles. The summed E-state index contributed by atoms with van der Waals surface area (Å²) >= 11 is 1.74. The molecule has 0 saturated heterocycles. The third-order valence-corrected chi connectivity index (χ3v) is 3.93. The number of rotatable bonds is 2. The van der Waals surface area contributed by atoms with Gasteiger partial charge in [0.05, 0.1) is 6.61 Å². The number of aliphatic hydroxyl groups excluding tert-OH is 1. The van der Waals surface area contributed by atoms with Crippen LogP contribution in [0.3, 0.4) is 0 Å². The molecule has 0 bridgehead atoms. The highest BCUT2D eigenvalue weighted by atomic mass is 32.1. The van der Waals surface area contributed by atoms with Crippen LogP contribution in [0.25, 0.3) is 0 Å². The van der Waals surface area contributed by atoms with Crippen LogP contribution < -0.4 is 0 Å². The molecule has 1 N–H and O–H groups in total. The largest absolute Gasteiger partial charge is 0.395 e. The van der Waals surface area contributed by atoms with Gasteiger partial charge in [-0.2, -0.15) is 11.3 Å². The highest BCUT2D eigenvalue weighted by Crippen LogP contribution is 2.39. The van der Waals surface area contributed by atoms with E-state index in [4.69, 9.17) is 0 Å². The Balaban J connectivity index is 2.23. The minimum Gasteiger partial charge on any atom is -0.395 e. The van der Waals surface area contributed by atoms with Gasteiger partial charge in [-0.05, 0) is 35.2 Å². The number of aliphatic hydroxyl groups is 1. The third-order valence-electron chi connectivity index (χ3n) is 3.25. The molecule has 0 radical (unpaired) electrons. The van der Waals surface area contributed by atoms with E-state index in [1.165, 1.54) is 37.7 Å². The molecular formula is C11H16OS. The van der Waals surface area contributed by atoms with Crippen molar-refractivity contribution < 1.29 is 5.11 Å². The second-order valence-electron chi connectivity index (χ2n) is 4.01. The molecule has 1 heterocycles. The summed E-state index contributed by atoms with van der Waals surface area (Å²) < 4.78 is 0. The van der Waals surface area contributed by atoms with E-state index in [1.54, 1.807) is 11.3 Å². The fraction of sp³-hybridized carbons (Fsp3) is 0.636. The molecule has 0 aromatic carbocycles. The van der Waals surface area contributed by atoms with Crippen LogP contribution in [0.15, 0.2) is 16.8 Å². The number of hydrogen-bond donors (Lipinski definition) is 1. The molecule has 1 aliphatic carbocycles. The van der Waals surface area contributed by atoms with Crippen LogP contribution in [0.2, 0.25) is 0 Å². The summed E-state index contributed by atoms with van der Waals surface area (Å²) in [6.45, 7) is 0.323. The maximum atomic E-state index is 9.52. The van der Waals surface area contributed by atoms with Crippen molar-refractivity contribution in [2.45, 2.75) is 37.5 Å². The van der Waals surface area contributed by atoms with Crippen LogP contribution in [0.4, 0.5) is 0 Å². The third kappa shape index (κ3) is 1.65. The molecule has 2 rings (SSSR count). The Morgan fingerprint density at radius 3 is 2.62 bits per heavy atom. The Bertz CT molecular complexity index is 247. The smallest absolute Gasteiger partial charge is 0.0528 e. The molecule has 1 nitrogen and oxygen atoms in total. The first-order valence-electron chi connectivity index (χ1n) is 5.01. The molecule has 2 heteroatoms. The molecule has 0 unspecified atom stereocenters. The van der Waals surface area contributed by atoms with Crippen molar-refractivity contribution in [1.82, 2.24) is 0 Å². The topological polar surface area (TPSA) is 20.2 Å². The predicted octanol–water partition coefficient (Wildman–Crippen LogP) is 2.94. The van der Waals surface area contributed by atoms with Gasteiger partial charge >= 0.3 is 0 Å². The zero-order valence-corrected chi connectivity index (χ0v) is 8.65. The molecule has 1 aliphatic rings. The van der Waals surface area contributed by atoms with E-state index in [0.29, 0.717) is 6.61 Å². The molecule has 0 amide bonds. The molecular weight excluding hydrogens is 180 g/mol. The molecule has 72 valence electrons. The van der Waals surface area contributed by atoms with Crippen molar-refractivity contribution in [3.05, 3.63) is 22.4 Å². The summed E-state index contributed by atoms with van der Waals surface area (Å²) in [5, 5.41) is 13.8. The maximum Gasteiger partial charge on any atom is 0.0528 e. The van der Waals surface area contributed by atoms with Crippen molar-refractivity contribution >= 4 is 11.3 Å². The molecule has 1 aromatic rings. The van der Waals surface area contributed by atoms with Gasteiger partial charge in [0, 0.05) is 5.41 Å². The summed E-state index contributed by atoms with van der Waals surface area (Å²) in [6.07, 6.45) is 6.22. The number of thiophene rings is 1. The van der Waals surface area contributed by atoms with E-state index in [0.717, 1.165) is 0 Å². The van der Waals surface area contributed by atoms with Gasteiger partial charge in [0.1, 0.15) is 0 Å². The Morgan fingerprint density at radius 2 is 2.08 bits per heavy atom. The van der Waals surface area contributed by atoms with E-state index in [1.807, 2.05) is 0 Å². The Hall–Kier alpha value is -0.340. The van der Waals surface area contributed by atoms with Gasteiger partial charge < -0.3 is 5.11 Å². The van der Waals surface area contributed by atoms with Gasteiger partial charge in [0.2, 0.25) is 0 Å². The van der Waals surface area contributed by atoms with Crippen LogP contribution >= 0.6 is 11.3 Å². The zero-order chi connectivity index (χ0) is 9.15. The second-order valence-corrected chi connectivity index (χ2v) is 4.79. The van der Waals surface area contributed by atoms with Crippen molar-refractivity contribution in [2.24, 2.45) is 0 Å². The lowest BCUT2D eigenvalue weighted by molar-refractivity contribution is 0.152. The SMILES string of the molecule is OCC1(c2ccsc2)CCCCC1. The lowest BCUT2D eigenvalue weighted by Crippen LogP contribution is -2.32. The standard InChI is InChI=1S/C11H16OS/c12-9-11(5-2-1-3-6-11)10-4-7-13-8-10/h4,7-8,12H,1-3,5-6,9H2. The molecule has 1 saturated carbocycles. The predicted molar refractivity (Wildman–Crippen MR) is 56.2 cm³/mol. The van der Waals surface area contributed by atoms with E-state index in [-0.39, 0.29) is 5.41 Å². The number of hydrogen-bond acceptors (Lipinski definition) is 2. The average Bonchev–Trinajstić information content (AvgIpc) is 2.72. The summed E-state index contributed by atoms with van der Waals surface area (Å²) in [5.74, 6) is 0. The molecule has 1 fully saturated rings. The summed E-state index contributed by atoms with van der Waals surface area (Å²) in [7, 11) is 0. The Labute approximate surface area is 83.4 Å². The fourth-order valence-corrected chi connectivity index (χ4v) is 3.11. The first-order valence-corrected chi connectivity index (χ1v) is 5.95. The first kappa shape index (κ1) is 9.22. The lowest BCUT2D eigenvalue weighted by Gasteiger charge is -2.35. The molecule has 0 spiro atoms. The highest BCUT2D eigenvalue weighted by Gasteiger charge is 2.33. The van der Waals surface area contributed by atoms with Crippen LogP contribution in [0.1, 0.15) is 37.7 Å². The minimum absolute atomic E-state index is 0.109. The molecule has 13 heavy (non-hydrogen) atoms. The van der Waals surface area contributed by atoms with Gasteiger partial charge in [0.15, 0.2) is 0 Å². The van der Waals surface area contributed by atoms with Crippen molar-refractivity contribution in [3.8, 4) is 0 Å². The molecule has 0 aliphatic heterocycles. The van der Waals surface area contributed by atoms with Crippen LogP contribution in [-0.2, 0) is 5.41 Å². The second kappa shape index (κ2) is 3.81. The monoisotopic (exact) mass is 196 g/mol. The van der Waals surface area contributed by atoms with Crippen molar-refractivity contribution in [1.29, 1.82) is 0 Å². The van der Waals surface area contributed by atoms with Gasteiger partial charge in [-0.3, -0.25) is 0 Å². The fourth-order valence-electron chi connectivity index (χ4n) is 2.33. The van der Waals surface area contributed by atoms with E-state index >= 15 is 0 Å². The van der Waals surface area contributed by atoms with Gasteiger partial charge in [-0.15, -0.1) is 0 Å². The average molecular weight is 196 g/mol. The van der Waals surface area contributed by atoms with E-state index in [9.17, 15) is 5.11 Å². The van der Waals surface area contributed by atoms with Gasteiger partial charge in [-0.25, -0.2) is 0 Å². The summed E-state index contributed by atoms with van der Waals surface area (Å²) in [4.78, 5) is 0. The van der Waals surface area contributed by atoms with Crippen LogP contribution in [-0.4, -0.2) is 11.7 Å². The maximum absolute atomic E-state index is 9.52. The van der Waals surface area contributed by atoms with Crippen molar-refractivity contribution in [2.75, 3.05) is 6.61 Å². The normalized spacial score (nSPS) is 21.6.